The summed E-state index contributed by atoms with van der Waals surface area (Å²) in [6, 6.07) is 7.97. The number of benzene rings is 1. The van der Waals surface area contributed by atoms with E-state index in [1.807, 2.05) is 31.3 Å². The van der Waals surface area contributed by atoms with Gasteiger partial charge in [-0.1, -0.05) is 32.4 Å². The van der Waals surface area contributed by atoms with Gasteiger partial charge in [-0.25, -0.2) is 0 Å². The number of anilines is 1. The largest absolute Gasteiger partial charge is 0.387 e. The van der Waals surface area contributed by atoms with Crippen LogP contribution in [0.5, 0.6) is 0 Å². The number of amides is 1. The maximum atomic E-state index is 12.4. The van der Waals surface area contributed by atoms with E-state index in [1.54, 1.807) is 0 Å². The van der Waals surface area contributed by atoms with Crippen molar-refractivity contribution in [2.45, 2.75) is 39.2 Å². The lowest BCUT2D eigenvalue weighted by molar-refractivity contribution is 0.0927. The van der Waals surface area contributed by atoms with E-state index in [0.29, 0.717) is 12.0 Å². The summed E-state index contributed by atoms with van der Waals surface area (Å²) in [4.78, 5) is 12.4. The van der Waals surface area contributed by atoms with Gasteiger partial charge in [-0.3, -0.25) is 4.79 Å². The number of nitrogens with one attached hydrogen (secondary N) is 2. The molecular formula is C16H24N2O. The summed E-state index contributed by atoms with van der Waals surface area (Å²) in [7, 11) is 1.84. The molecule has 0 bridgehead atoms. The predicted octanol–water partition coefficient (Wildman–Crippen LogP) is 3.28. The van der Waals surface area contributed by atoms with E-state index in [9.17, 15) is 4.79 Å². The van der Waals surface area contributed by atoms with E-state index in [2.05, 4.69) is 24.5 Å². The summed E-state index contributed by atoms with van der Waals surface area (Å²) in [5.74, 6) is 1.37. The number of carbonyl (C=O) groups is 1. The van der Waals surface area contributed by atoms with Gasteiger partial charge in [0.1, 0.15) is 0 Å². The van der Waals surface area contributed by atoms with Crippen LogP contribution in [-0.2, 0) is 0 Å². The van der Waals surface area contributed by atoms with Crippen molar-refractivity contribution in [3.8, 4) is 0 Å². The molecule has 3 unspecified atom stereocenters. The Balaban J connectivity index is 2.05. The van der Waals surface area contributed by atoms with E-state index >= 15 is 0 Å². The molecule has 1 fully saturated rings. The smallest absolute Gasteiger partial charge is 0.253 e. The molecule has 2 rings (SSSR count). The van der Waals surface area contributed by atoms with Crippen molar-refractivity contribution in [3.63, 3.8) is 0 Å². The number of hydrogen-bond acceptors (Lipinski definition) is 2. The highest BCUT2D eigenvalue weighted by atomic mass is 16.1. The second kappa shape index (κ2) is 6.09. The summed E-state index contributed by atoms with van der Waals surface area (Å²) in [5.41, 5.74) is 1.62. The van der Waals surface area contributed by atoms with Crippen molar-refractivity contribution in [2.24, 2.45) is 11.8 Å². The van der Waals surface area contributed by atoms with Crippen LogP contribution in [0, 0.1) is 11.8 Å². The highest BCUT2D eigenvalue weighted by Gasteiger charge is 2.32. The van der Waals surface area contributed by atoms with Crippen LogP contribution in [0.2, 0.25) is 0 Å². The third-order valence-electron chi connectivity index (χ3n) is 4.51. The number of carbonyl (C=O) groups excluding carboxylic acids is 1. The first kappa shape index (κ1) is 13.9. The Bertz CT molecular complexity index is 444. The zero-order valence-electron chi connectivity index (χ0n) is 12.1. The fourth-order valence-electron chi connectivity index (χ4n) is 3.17. The molecule has 0 saturated heterocycles. The standard InChI is InChI=1S/C16H24N2O/c1-4-12-9-10-14(11(12)2)18-16(19)13-7-5-6-8-15(13)17-3/h5-8,11-12,14,17H,4,9-10H2,1-3H3,(H,18,19). The zero-order chi connectivity index (χ0) is 13.8. The molecule has 1 aromatic rings. The van der Waals surface area contributed by atoms with E-state index in [4.69, 9.17) is 0 Å². The van der Waals surface area contributed by atoms with Gasteiger partial charge in [0.05, 0.1) is 5.56 Å². The number of para-hydroxylation sites is 1. The predicted molar refractivity (Wildman–Crippen MR) is 79.4 cm³/mol. The molecule has 3 heteroatoms. The summed E-state index contributed by atoms with van der Waals surface area (Å²) in [5, 5.41) is 6.28. The normalized spacial score (nSPS) is 26.2. The van der Waals surface area contributed by atoms with Crippen molar-refractivity contribution in [1.29, 1.82) is 0 Å². The van der Waals surface area contributed by atoms with Crippen LogP contribution in [0.3, 0.4) is 0 Å². The minimum atomic E-state index is 0.0403. The molecule has 0 radical (unpaired) electrons. The van der Waals surface area contributed by atoms with E-state index in [0.717, 1.165) is 23.6 Å². The molecule has 0 aliphatic heterocycles. The molecule has 2 N–H and O–H groups in total. The first-order valence-electron chi connectivity index (χ1n) is 7.25. The number of hydrogen-bond donors (Lipinski definition) is 2. The van der Waals surface area contributed by atoms with Gasteiger partial charge in [0.25, 0.3) is 5.91 Å². The van der Waals surface area contributed by atoms with Crippen LogP contribution in [0.4, 0.5) is 5.69 Å². The van der Waals surface area contributed by atoms with Gasteiger partial charge in [0.15, 0.2) is 0 Å². The Hall–Kier alpha value is -1.51. The van der Waals surface area contributed by atoms with E-state index in [-0.39, 0.29) is 5.91 Å². The summed E-state index contributed by atoms with van der Waals surface area (Å²) >= 11 is 0. The molecule has 3 nitrogen and oxygen atoms in total. The Morgan fingerprint density at radius 1 is 1.32 bits per heavy atom. The summed E-state index contributed by atoms with van der Waals surface area (Å²) in [6.45, 7) is 4.50. The van der Waals surface area contributed by atoms with Gasteiger partial charge < -0.3 is 10.6 Å². The summed E-state index contributed by atoms with van der Waals surface area (Å²) < 4.78 is 0. The van der Waals surface area contributed by atoms with Crippen LogP contribution in [0.25, 0.3) is 0 Å². The minimum Gasteiger partial charge on any atom is -0.387 e. The molecule has 0 heterocycles. The van der Waals surface area contributed by atoms with Crippen LogP contribution >= 0.6 is 0 Å². The van der Waals surface area contributed by atoms with E-state index < -0.39 is 0 Å². The first-order chi connectivity index (χ1) is 9.17. The molecule has 1 aliphatic rings. The fraction of sp³-hybridized carbons (Fsp3) is 0.562. The quantitative estimate of drug-likeness (QED) is 0.872. The molecule has 19 heavy (non-hydrogen) atoms. The molecule has 1 amide bonds. The van der Waals surface area contributed by atoms with Crippen molar-refractivity contribution in [2.75, 3.05) is 12.4 Å². The van der Waals surface area contributed by atoms with Crippen molar-refractivity contribution in [1.82, 2.24) is 5.32 Å². The van der Waals surface area contributed by atoms with Crippen molar-refractivity contribution >= 4 is 11.6 Å². The zero-order valence-corrected chi connectivity index (χ0v) is 12.1. The lowest BCUT2D eigenvalue weighted by atomic mass is 9.93. The molecule has 1 aromatic carbocycles. The van der Waals surface area contributed by atoms with Crippen molar-refractivity contribution in [3.05, 3.63) is 29.8 Å². The third-order valence-corrected chi connectivity index (χ3v) is 4.51. The maximum absolute atomic E-state index is 12.4. The Labute approximate surface area is 115 Å². The molecule has 104 valence electrons. The van der Waals surface area contributed by atoms with E-state index in [1.165, 1.54) is 12.8 Å². The van der Waals surface area contributed by atoms with Crippen molar-refractivity contribution < 1.29 is 4.79 Å². The molecule has 1 aliphatic carbocycles. The van der Waals surface area contributed by atoms with Gasteiger partial charge in [-0.05, 0) is 36.8 Å². The second-order valence-corrected chi connectivity index (χ2v) is 5.48. The van der Waals surface area contributed by atoms with Gasteiger partial charge in [0.2, 0.25) is 0 Å². The lowest BCUT2D eigenvalue weighted by Crippen LogP contribution is -2.37. The summed E-state index contributed by atoms with van der Waals surface area (Å²) in [6.07, 6.45) is 3.55. The van der Waals surface area contributed by atoms with Crippen LogP contribution < -0.4 is 10.6 Å². The van der Waals surface area contributed by atoms with Crippen LogP contribution in [0.1, 0.15) is 43.5 Å². The minimum absolute atomic E-state index is 0.0403. The Morgan fingerprint density at radius 2 is 2.05 bits per heavy atom. The molecule has 0 spiro atoms. The highest BCUT2D eigenvalue weighted by Crippen LogP contribution is 2.34. The maximum Gasteiger partial charge on any atom is 0.253 e. The lowest BCUT2D eigenvalue weighted by Gasteiger charge is -2.21. The molecule has 0 aromatic heterocycles. The fourth-order valence-corrected chi connectivity index (χ4v) is 3.17. The SMILES string of the molecule is CCC1CCC(NC(=O)c2ccccc2NC)C1C. The second-order valence-electron chi connectivity index (χ2n) is 5.48. The van der Waals surface area contributed by atoms with Gasteiger partial charge in [-0.2, -0.15) is 0 Å². The van der Waals surface area contributed by atoms with Gasteiger partial charge in [-0.15, -0.1) is 0 Å². The first-order valence-corrected chi connectivity index (χ1v) is 7.25. The molecular weight excluding hydrogens is 236 g/mol. The molecule has 1 saturated carbocycles. The number of rotatable bonds is 4. The highest BCUT2D eigenvalue weighted by molar-refractivity contribution is 5.99. The third kappa shape index (κ3) is 2.91. The van der Waals surface area contributed by atoms with Gasteiger partial charge in [0, 0.05) is 18.8 Å². The topological polar surface area (TPSA) is 41.1 Å². The Morgan fingerprint density at radius 3 is 2.68 bits per heavy atom. The monoisotopic (exact) mass is 260 g/mol. The van der Waals surface area contributed by atoms with Gasteiger partial charge >= 0.3 is 0 Å². The van der Waals surface area contributed by atoms with Crippen LogP contribution in [0.15, 0.2) is 24.3 Å². The van der Waals surface area contributed by atoms with Crippen LogP contribution in [-0.4, -0.2) is 19.0 Å². The Kier molecular flexibility index (Phi) is 4.46. The average molecular weight is 260 g/mol. The molecule has 3 atom stereocenters. The average Bonchev–Trinajstić information content (AvgIpc) is 2.79.